The lowest BCUT2D eigenvalue weighted by atomic mass is 10.1. The number of nitrogens with one attached hydrogen (secondary N) is 2. The zero-order valence-electron chi connectivity index (χ0n) is 11.7. The molecule has 18 heavy (non-hydrogen) atoms. The van der Waals surface area contributed by atoms with E-state index in [1.807, 2.05) is 6.92 Å². The summed E-state index contributed by atoms with van der Waals surface area (Å²) in [6, 6.07) is 3.41. The molecule has 4 heteroatoms. The van der Waals surface area contributed by atoms with Gasteiger partial charge in [-0.1, -0.05) is 6.92 Å². The van der Waals surface area contributed by atoms with E-state index in [1.165, 1.54) is 18.4 Å². The summed E-state index contributed by atoms with van der Waals surface area (Å²) in [6.07, 6.45) is 3.64. The summed E-state index contributed by atoms with van der Waals surface area (Å²) in [5.74, 6) is 0. The van der Waals surface area contributed by atoms with Gasteiger partial charge < -0.3 is 10.6 Å². The van der Waals surface area contributed by atoms with E-state index < -0.39 is 0 Å². The van der Waals surface area contributed by atoms with Crippen molar-refractivity contribution < 1.29 is 0 Å². The molecule has 1 aliphatic rings. The molecule has 1 heterocycles. The molecule has 1 aromatic heterocycles. The van der Waals surface area contributed by atoms with Crippen LogP contribution in [-0.2, 0) is 13.0 Å². The lowest BCUT2D eigenvalue weighted by molar-refractivity contribution is 0.498. The van der Waals surface area contributed by atoms with E-state index in [0.717, 1.165) is 36.9 Å². The molecule has 2 N–H and O–H groups in total. The fourth-order valence-corrected chi connectivity index (χ4v) is 2.01. The molecule has 0 radical (unpaired) electrons. The first kappa shape index (κ1) is 13.4. The Morgan fingerprint density at radius 1 is 1.39 bits per heavy atom. The number of nitrogens with zero attached hydrogens (tertiary/aromatic N) is 2. The highest BCUT2D eigenvalue weighted by atomic mass is 15.1. The van der Waals surface area contributed by atoms with Gasteiger partial charge in [-0.05, 0) is 44.7 Å². The van der Waals surface area contributed by atoms with Crippen molar-refractivity contribution in [2.75, 3.05) is 6.54 Å². The van der Waals surface area contributed by atoms with Crippen LogP contribution in [0, 0.1) is 6.92 Å². The SMILES string of the molecule is CCc1nnc(C)cc1CNC(C)CNC1CC1. The summed E-state index contributed by atoms with van der Waals surface area (Å²) < 4.78 is 0. The lowest BCUT2D eigenvalue weighted by Crippen LogP contribution is -2.37. The van der Waals surface area contributed by atoms with Gasteiger partial charge in [0.2, 0.25) is 0 Å². The first-order valence-corrected chi connectivity index (χ1v) is 6.98. The van der Waals surface area contributed by atoms with E-state index in [4.69, 9.17) is 0 Å². The van der Waals surface area contributed by atoms with Gasteiger partial charge in [0.05, 0.1) is 11.4 Å². The van der Waals surface area contributed by atoms with E-state index in [9.17, 15) is 0 Å². The lowest BCUT2D eigenvalue weighted by Gasteiger charge is -2.15. The van der Waals surface area contributed by atoms with Crippen molar-refractivity contribution in [1.82, 2.24) is 20.8 Å². The highest BCUT2D eigenvalue weighted by molar-refractivity contribution is 5.20. The van der Waals surface area contributed by atoms with Gasteiger partial charge in [0.15, 0.2) is 0 Å². The molecule has 1 aromatic rings. The van der Waals surface area contributed by atoms with Gasteiger partial charge in [0, 0.05) is 25.2 Å². The topological polar surface area (TPSA) is 49.8 Å². The molecule has 0 aromatic carbocycles. The molecule has 0 aliphatic heterocycles. The molecule has 1 aliphatic carbocycles. The van der Waals surface area contributed by atoms with Crippen molar-refractivity contribution in [1.29, 1.82) is 0 Å². The van der Waals surface area contributed by atoms with E-state index in [1.54, 1.807) is 0 Å². The Bertz CT molecular complexity index is 387. The van der Waals surface area contributed by atoms with Crippen molar-refractivity contribution in [3.8, 4) is 0 Å². The monoisotopic (exact) mass is 248 g/mol. The molecule has 2 rings (SSSR count). The van der Waals surface area contributed by atoms with Crippen LogP contribution >= 0.6 is 0 Å². The minimum Gasteiger partial charge on any atom is -0.312 e. The fourth-order valence-electron chi connectivity index (χ4n) is 2.01. The largest absolute Gasteiger partial charge is 0.312 e. The van der Waals surface area contributed by atoms with E-state index in [2.05, 4.69) is 40.7 Å². The van der Waals surface area contributed by atoms with Crippen LogP contribution in [0.15, 0.2) is 6.07 Å². The highest BCUT2D eigenvalue weighted by Crippen LogP contribution is 2.18. The molecular weight excluding hydrogens is 224 g/mol. The van der Waals surface area contributed by atoms with Crippen molar-refractivity contribution in [3.63, 3.8) is 0 Å². The van der Waals surface area contributed by atoms with Crippen molar-refractivity contribution in [2.24, 2.45) is 0 Å². The molecule has 4 nitrogen and oxygen atoms in total. The van der Waals surface area contributed by atoms with Gasteiger partial charge in [-0.2, -0.15) is 10.2 Å². The summed E-state index contributed by atoms with van der Waals surface area (Å²) in [7, 11) is 0. The van der Waals surface area contributed by atoms with Crippen LogP contribution in [0.3, 0.4) is 0 Å². The average Bonchev–Trinajstić information content (AvgIpc) is 3.18. The summed E-state index contributed by atoms with van der Waals surface area (Å²) >= 11 is 0. The van der Waals surface area contributed by atoms with Crippen LogP contribution in [0.5, 0.6) is 0 Å². The molecule has 0 saturated heterocycles. The third kappa shape index (κ3) is 4.03. The summed E-state index contributed by atoms with van der Waals surface area (Å²) in [5.41, 5.74) is 3.38. The quantitative estimate of drug-likeness (QED) is 0.769. The number of hydrogen-bond donors (Lipinski definition) is 2. The molecule has 100 valence electrons. The minimum absolute atomic E-state index is 0.490. The standard InChI is InChI=1S/C14H24N4/c1-4-14-12(7-10(2)17-18-14)9-15-11(3)8-16-13-5-6-13/h7,11,13,15-16H,4-6,8-9H2,1-3H3. The second-order valence-corrected chi connectivity index (χ2v) is 5.28. The molecular formula is C14H24N4. The number of rotatable bonds is 7. The molecule has 0 bridgehead atoms. The maximum Gasteiger partial charge on any atom is 0.0673 e. The Morgan fingerprint density at radius 2 is 2.17 bits per heavy atom. The van der Waals surface area contributed by atoms with E-state index in [0.29, 0.717) is 6.04 Å². The smallest absolute Gasteiger partial charge is 0.0673 e. The Labute approximate surface area is 110 Å². The van der Waals surface area contributed by atoms with Crippen LogP contribution in [0.1, 0.15) is 43.6 Å². The predicted octanol–water partition coefficient (Wildman–Crippen LogP) is 1.58. The molecule has 1 saturated carbocycles. The van der Waals surface area contributed by atoms with Crippen LogP contribution in [0.25, 0.3) is 0 Å². The Balaban J connectivity index is 1.82. The number of hydrogen-bond acceptors (Lipinski definition) is 4. The van der Waals surface area contributed by atoms with Gasteiger partial charge >= 0.3 is 0 Å². The average molecular weight is 248 g/mol. The van der Waals surface area contributed by atoms with Gasteiger partial charge in [-0.25, -0.2) is 0 Å². The molecule has 0 amide bonds. The van der Waals surface area contributed by atoms with Crippen LogP contribution in [-0.4, -0.2) is 28.8 Å². The Morgan fingerprint density at radius 3 is 2.83 bits per heavy atom. The Hall–Kier alpha value is -1.00. The van der Waals surface area contributed by atoms with Crippen molar-refractivity contribution >= 4 is 0 Å². The first-order chi connectivity index (χ1) is 8.69. The second kappa shape index (κ2) is 6.25. The fraction of sp³-hybridized carbons (Fsp3) is 0.714. The molecule has 1 fully saturated rings. The number of aryl methyl sites for hydroxylation is 2. The zero-order valence-corrected chi connectivity index (χ0v) is 11.7. The zero-order chi connectivity index (χ0) is 13.0. The van der Waals surface area contributed by atoms with Gasteiger partial charge in [-0.15, -0.1) is 0 Å². The van der Waals surface area contributed by atoms with Crippen molar-refractivity contribution in [3.05, 3.63) is 23.0 Å². The predicted molar refractivity (Wildman–Crippen MR) is 73.5 cm³/mol. The van der Waals surface area contributed by atoms with E-state index in [-0.39, 0.29) is 0 Å². The van der Waals surface area contributed by atoms with Gasteiger partial charge in [-0.3, -0.25) is 0 Å². The van der Waals surface area contributed by atoms with Crippen LogP contribution in [0.2, 0.25) is 0 Å². The highest BCUT2D eigenvalue weighted by Gasteiger charge is 2.20. The van der Waals surface area contributed by atoms with Gasteiger partial charge in [0.1, 0.15) is 0 Å². The number of aromatic nitrogens is 2. The van der Waals surface area contributed by atoms with Crippen molar-refractivity contribution in [2.45, 2.75) is 58.7 Å². The third-order valence-corrected chi connectivity index (χ3v) is 3.35. The Kier molecular flexibility index (Phi) is 4.66. The minimum atomic E-state index is 0.490. The maximum absolute atomic E-state index is 4.25. The van der Waals surface area contributed by atoms with Crippen LogP contribution < -0.4 is 10.6 Å². The third-order valence-electron chi connectivity index (χ3n) is 3.35. The molecule has 1 atom stereocenters. The van der Waals surface area contributed by atoms with E-state index >= 15 is 0 Å². The second-order valence-electron chi connectivity index (χ2n) is 5.28. The maximum atomic E-state index is 4.25. The summed E-state index contributed by atoms with van der Waals surface area (Å²) in [4.78, 5) is 0. The molecule has 1 unspecified atom stereocenters. The normalized spacial score (nSPS) is 16.8. The summed E-state index contributed by atoms with van der Waals surface area (Å²) in [5, 5.41) is 15.5. The molecule has 0 spiro atoms. The first-order valence-electron chi connectivity index (χ1n) is 6.98. The summed E-state index contributed by atoms with van der Waals surface area (Å²) in [6.45, 7) is 8.27. The van der Waals surface area contributed by atoms with Crippen LogP contribution in [0.4, 0.5) is 0 Å². The van der Waals surface area contributed by atoms with Gasteiger partial charge in [0.25, 0.3) is 0 Å².